The van der Waals surface area contributed by atoms with Gasteiger partial charge in [0.05, 0.1) is 5.69 Å². The zero-order valence-corrected chi connectivity index (χ0v) is 19.5. The van der Waals surface area contributed by atoms with Gasteiger partial charge < -0.3 is 19.7 Å². The minimum atomic E-state index is -0.475. The number of likely N-dealkylation sites (tertiary alicyclic amines) is 1. The van der Waals surface area contributed by atoms with E-state index in [1.807, 2.05) is 13.8 Å². The summed E-state index contributed by atoms with van der Waals surface area (Å²) in [5, 5.41) is 11.4. The Morgan fingerprint density at radius 2 is 1.85 bits per heavy atom. The van der Waals surface area contributed by atoms with Gasteiger partial charge in [-0.25, -0.2) is 9.18 Å². The van der Waals surface area contributed by atoms with E-state index in [1.54, 1.807) is 21.9 Å². The van der Waals surface area contributed by atoms with Gasteiger partial charge in [0.15, 0.2) is 5.82 Å². The molecular weight excluding hydrogens is 423 g/mol. The molecule has 1 fully saturated rings. The molecule has 4 rings (SSSR count). The molecule has 0 unspecified atom stereocenters. The molecule has 0 bridgehead atoms. The number of fused-ring (bicyclic) bond motifs is 1. The maximum absolute atomic E-state index is 14.6. The van der Waals surface area contributed by atoms with Crippen molar-refractivity contribution in [2.45, 2.75) is 58.9 Å². The Hall–Kier alpha value is -2.97. The molecule has 0 aliphatic carbocycles. The van der Waals surface area contributed by atoms with Crippen LogP contribution in [0.3, 0.4) is 0 Å². The van der Waals surface area contributed by atoms with Crippen molar-refractivity contribution < 1.29 is 14.0 Å². The molecule has 3 amide bonds. The van der Waals surface area contributed by atoms with Crippen molar-refractivity contribution in [1.82, 2.24) is 24.6 Å². The first-order valence-electron chi connectivity index (χ1n) is 12.1. The monoisotopic (exact) mass is 456 g/mol. The van der Waals surface area contributed by atoms with E-state index >= 15 is 0 Å². The molecule has 1 N–H and O–H groups in total. The maximum Gasteiger partial charge on any atom is 0.319 e. The highest BCUT2D eigenvalue weighted by Gasteiger charge is 2.29. The maximum atomic E-state index is 14.6. The second-order valence-electron chi connectivity index (χ2n) is 8.80. The molecule has 0 atom stereocenters. The lowest BCUT2D eigenvalue weighted by atomic mass is 9.96. The van der Waals surface area contributed by atoms with Crippen LogP contribution in [0.25, 0.3) is 11.4 Å². The van der Waals surface area contributed by atoms with Crippen LogP contribution in [-0.2, 0) is 17.8 Å². The van der Waals surface area contributed by atoms with Gasteiger partial charge in [-0.15, -0.1) is 10.2 Å². The van der Waals surface area contributed by atoms with E-state index in [4.69, 9.17) is 0 Å². The van der Waals surface area contributed by atoms with Crippen LogP contribution in [-0.4, -0.2) is 62.7 Å². The summed E-state index contributed by atoms with van der Waals surface area (Å²) in [7, 11) is 0. The van der Waals surface area contributed by atoms with E-state index in [-0.39, 0.29) is 23.5 Å². The molecule has 9 heteroatoms. The van der Waals surface area contributed by atoms with E-state index in [1.165, 1.54) is 6.07 Å². The first-order valence-corrected chi connectivity index (χ1v) is 12.1. The van der Waals surface area contributed by atoms with Crippen molar-refractivity contribution in [3.8, 4) is 11.4 Å². The fourth-order valence-corrected chi connectivity index (χ4v) is 4.72. The Balaban J connectivity index is 1.42. The minimum absolute atomic E-state index is 0.0186. The average Bonchev–Trinajstić information content (AvgIpc) is 3.09. The fourth-order valence-electron chi connectivity index (χ4n) is 4.72. The Kier molecular flexibility index (Phi) is 7.25. The molecule has 1 aromatic heterocycles. The van der Waals surface area contributed by atoms with Gasteiger partial charge in [0.2, 0.25) is 5.91 Å². The molecule has 1 aromatic carbocycles. The molecule has 178 valence electrons. The van der Waals surface area contributed by atoms with Crippen LogP contribution >= 0.6 is 0 Å². The van der Waals surface area contributed by atoms with Crippen LogP contribution in [0.5, 0.6) is 0 Å². The van der Waals surface area contributed by atoms with Crippen molar-refractivity contribution in [3.05, 3.63) is 29.8 Å². The molecule has 0 saturated carbocycles. The number of benzene rings is 1. The van der Waals surface area contributed by atoms with E-state index in [9.17, 15) is 14.0 Å². The topological polar surface area (TPSA) is 83.4 Å². The number of carbonyl (C=O) groups excluding carboxylic acids is 2. The summed E-state index contributed by atoms with van der Waals surface area (Å²) in [6.45, 7) is 7.16. The highest BCUT2D eigenvalue weighted by molar-refractivity contribution is 5.93. The molecule has 1 saturated heterocycles. The van der Waals surface area contributed by atoms with Crippen LogP contribution in [0.1, 0.15) is 51.8 Å². The predicted octanol–water partition coefficient (Wildman–Crippen LogP) is 3.92. The number of urea groups is 1. The van der Waals surface area contributed by atoms with Crippen molar-refractivity contribution in [1.29, 1.82) is 0 Å². The molecule has 0 radical (unpaired) electrons. The normalized spacial score (nSPS) is 16.8. The van der Waals surface area contributed by atoms with Crippen LogP contribution in [0.15, 0.2) is 18.2 Å². The zero-order chi connectivity index (χ0) is 23.4. The van der Waals surface area contributed by atoms with Gasteiger partial charge in [-0.1, -0.05) is 6.42 Å². The number of carbonyl (C=O) groups is 2. The number of anilines is 1. The van der Waals surface area contributed by atoms with E-state index in [0.29, 0.717) is 44.8 Å². The SMILES string of the molecule is CCN(CC)C(=O)N1CCC(C(=O)Nc2cc(-c3nnc4n3CCCCC4)ccc2F)CC1. The Morgan fingerprint density at radius 1 is 1.09 bits per heavy atom. The van der Waals surface area contributed by atoms with Crippen molar-refractivity contribution in [3.63, 3.8) is 0 Å². The third kappa shape index (κ3) is 5.02. The fraction of sp³-hybridized carbons (Fsp3) is 0.583. The molecule has 33 heavy (non-hydrogen) atoms. The van der Waals surface area contributed by atoms with Crippen molar-refractivity contribution >= 4 is 17.6 Å². The summed E-state index contributed by atoms with van der Waals surface area (Å²) < 4.78 is 16.7. The van der Waals surface area contributed by atoms with Crippen LogP contribution in [0.2, 0.25) is 0 Å². The summed E-state index contributed by atoms with van der Waals surface area (Å²) in [6.07, 6.45) is 5.36. The summed E-state index contributed by atoms with van der Waals surface area (Å²) in [4.78, 5) is 29.0. The van der Waals surface area contributed by atoms with Gasteiger partial charge in [0.1, 0.15) is 11.6 Å². The number of nitrogens with zero attached hydrogens (tertiary/aromatic N) is 5. The highest BCUT2D eigenvalue weighted by atomic mass is 19.1. The minimum Gasteiger partial charge on any atom is -0.325 e. The smallest absolute Gasteiger partial charge is 0.319 e. The first-order chi connectivity index (χ1) is 16.0. The lowest BCUT2D eigenvalue weighted by Crippen LogP contribution is -2.47. The molecule has 2 aromatic rings. The number of hydrogen-bond donors (Lipinski definition) is 1. The third-order valence-electron chi connectivity index (χ3n) is 6.76. The second-order valence-corrected chi connectivity index (χ2v) is 8.80. The Morgan fingerprint density at radius 3 is 2.58 bits per heavy atom. The lowest BCUT2D eigenvalue weighted by molar-refractivity contribution is -0.121. The number of hydrogen-bond acceptors (Lipinski definition) is 4. The Labute approximate surface area is 194 Å². The molecule has 2 aliphatic heterocycles. The van der Waals surface area contributed by atoms with Crippen LogP contribution in [0, 0.1) is 11.7 Å². The van der Waals surface area contributed by atoms with Crippen molar-refractivity contribution in [2.75, 3.05) is 31.5 Å². The largest absolute Gasteiger partial charge is 0.325 e. The van der Waals surface area contributed by atoms with E-state index in [2.05, 4.69) is 20.1 Å². The zero-order valence-electron chi connectivity index (χ0n) is 19.5. The third-order valence-corrected chi connectivity index (χ3v) is 6.76. The van der Waals surface area contributed by atoms with Crippen LogP contribution < -0.4 is 5.32 Å². The summed E-state index contributed by atoms with van der Waals surface area (Å²) in [5.74, 6) is 0.741. The summed E-state index contributed by atoms with van der Waals surface area (Å²) in [5.41, 5.74) is 0.900. The number of aryl methyl sites for hydroxylation is 1. The molecular formula is C24H33FN6O2. The number of halogens is 1. The molecule has 0 spiro atoms. The number of amides is 3. The van der Waals surface area contributed by atoms with Gasteiger partial charge in [-0.3, -0.25) is 4.79 Å². The van der Waals surface area contributed by atoms with Gasteiger partial charge in [-0.2, -0.15) is 0 Å². The molecule has 2 aliphatic rings. The van der Waals surface area contributed by atoms with Gasteiger partial charge in [-0.05, 0) is 57.7 Å². The quantitative estimate of drug-likeness (QED) is 0.739. The summed E-state index contributed by atoms with van der Waals surface area (Å²) in [6, 6.07) is 4.72. The highest BCUT2D eigenvalue weighted by Crippen LogP contribution is 2.28. The van der Waals surface area contributed by atoms with Crippen LogP contribution in [0.4, 0.5) is 14.9 Å². The first kappa shape index (κ1) is 23.2. The standard InChI is InChI=1S/C24H33FN6O2/c1-3-29(4-2)24(33)30-14-11-17(12-15-30)23(32)26-20-16-18(9-10-19(20)25)22-28-27-21-8-6-5-7-13-31(21)22/h9-10,16-17H,3-8,11-15H2,1-2H3,(H,26,32). The number of piperidine rings is 1. The van der Waals surface area contributed by atoms with Gasteiger partial charge in [0, 0.05) is 50.6 Å². The predicted molar refractivity (Wildman–Crippen MR) is 124 cm³/mol. The number of rotatable bonds is 5. The molecule has 8 nitrogen and oxygen atoms in total. The van der Waals surface area contributed by atoms with E-state index < -0.39 is 5.82 Å². The summed E-state index contributed by atoms with van der Waals surface area (Å²) >= 11 is 0. The Bertz CT molecular complexity index is 995. The van der Waals surface area contributed by atoms with Crippen molar-refractivity contribution in [2.24, 2.45) is 5.92 Å². The average molecular weight is 457 g/mol. The lowest BCUT2D eigenvalue weighted by Gasteiger charge is -2.34. The number of aromatic nitrogens is 3. The number of nitrogens with one attached hydrogen (secondary N) is 1. The van der Waals surface area contributed by atoms with Gasteiger partial charge >= 0.3 is 6.03 Å². The van der Waals surface area contributed by atoms with Gasteiger partial charge in [0.25, 0.3) is 0 Å². The second kappa shape index (κ2) is 10.3. The molecule has 3 heterocycles. The van der Waals surface area contributed by atoms with E-state index in [0.717, 1.165) is 43.6 Å².